The minimum absolute atomic E-state index is 0.00995. The molecule has 0 spiro atoms. The van der Waals surface area contributed by atoms with Crippen molar-refractivity contribution in [2.75, 3.05) is 5.75 Å². The van der Waals surface area contributed by atoms with Crippen molar-refractivity contribution in [3.63, 3.8) is 0 Å². The van der Waals surface area contributed by atoms with Gasteiger partial charge in [0.1, 0.15) is 5.75 Å². The molecule has 122 valence electrons. The average Bonchev–Trinajstić information content (AvgIpc) is 2.93. The van der Waals surface area contributed by atoms with Crippen LogP contribution in [0.15, 0.2) is 29.4 Å². The number of phenolic OH excluding ortho intramolecular Hbond substituents is 1. The highest BCUT2D eigenvalue weighted by atomic mass is 32.2. The summed E-state index contributed by atoms with van der Waals surface area (Å²) in [6.45, 7) is 3.59. The van der Waals surface area contributed by atoms with Crippen molar-refractivity contribution >= 4 is 23.7 Å². The Balaban J connectivity index is 1.94. The predicted molar refractivity (Wildman–Crippen MR) is 83.4 cm³/mol. The van der Waals surface area contributed by atoms with Crippen molar-refractivity contribution in [3.05, 3.63) is 24.3 Å². The Kier molecular flexibility index (Phi) is 5.52. The Hall–Kier alpha value is -2.62. The van der Waals surface area contributed by atoms with Gasteiger partial charge in [-0.3, -0.25) is 10.1 Å². The number of thioether (sulfide) groups is 1. The van der Waals surface area contributed by atoms with Gasteiger partial charge in [0.2, 0.25) is 11.1 Å². The molecule has 3 amide bonds. The number of benzene rings is 1. The van der Waals surface area contributed by atoms with Crippen LogP contribution in [-0.2, 0) is 4.79 Å². The molecule has 3 N–H and O–H groups in total. The second kappa shape index (κ2) is 7.58. The van der Waals surface area contributed by atoms with Gasteiger partial charge in [0, 0.05) is 6.04 Å². The topological polar surface area (TPSA) is 122 Å². The minimum Gasteiger partial charge on any atom is -0.508 e. The number of imide groups is 1. The number of nitrogens with zero attached hydrogens (tertiary/aromatic N) is 4. The standard InChI is InChI=1S/C13H16N6O3S/c1-8(2)14-12(22)15-11(21)7-23-13-16-17-18-19(13)9-3-5-10(20)6-4-9/h3-6,8,20H,7H2,1-2H3,(H2,14,15,21,22). The first-order valence-electron chi connectivity index (χ1n) is 6.76. The molecule has 0 aliphatic heterocycles. The largest absolute Gasteiger partial charge is 0.508 e. The number of rotatable bonds is 5. The Morgan fingerprint density at radius 2 is 2.00 bits per heavy atom. The number of carbonyl (C=O) groups is 2. The smallest absolute Gasteiger partial charge is 0.321 e. The number of tetrazole rings is 1. The van der Waals surface area contributed by atoms with E-state index in [9.17, 15) is 14.7 Å². The Morgan fingerprint density at radius 3 is 2.65 bits per heavy atom. The van der Waals surface area contributed by atoms with E-state index in [-0.39, 0.29) is 17.5 Å². The second-order valence-electron chi connectivity index (χ2n) is 4.85. The predicted octanol–water partition coefficient (Wildman–Crippen LogP) is 0.694. The minimum atomic E-state index is -0.538. The molecule has 0 radical (unpaired) electrons. The summed E-state index contributed by atoms with van der Waals surface area (Å²) in [6, 6.07) is 5.71. The van der Waals surface area contributed by atoms with E-state index in [0.29, 0.717) is 10.8 Å². The number of urea groups is 1. The summed E-state index contributed by atoms with van der Waals surface area (Å²) in [5.74, 6) is -0.329. The van der Waals surface area contributed by atoms with Gasteiger partial charge in [-0.2, -0.15) is 4.68 Å². The van der Waals surface area contributed by atoms with E-state index in [2.05, 4.69) is 26.2 Å². The van der Waals surface area contributed by atoms with Crippen LogP contribution >= 0.6 is 11.8 Å². The maximum absolute atomic E-state index is 11.7. The van der Waals surface area contributed by atoms with Crippen LogP contribution in [0, 0.1) is 0 Å². The summed E-state index contributed by atoms with van der Waals surface area (Å²) >= 11 is 1.09. The summed E-state index contributed by atoms with van der Waals surface area (Å²) in [7, 11) is 0. The van der Waals surface area contributed by atoms with E-state index in [1.807, 2.05) is 0 Å². The fourth-order valence-electron chi connectivity index (χ4n) is 1.62. The van der Waals surface area contributed by atoms with Crippen molar-refractivity contribution in [2.24, 2.45) is 0 Å². The summed E-state index contributed by atoms with van der Waals surface area (Å²) < 4.78 is 1.44. The number of aromatic nitrogens is 4. The van der Waals surface area contributed by atoms with Gasteiger partial charge in [0.25, 0.3) is 0 Å². The number of nitrogens with one attached hydrogen (secondary N) is 2. The quantitative estimate of drug-likeness (QED) is 0.687. The zero-order chi connectivity index (χ0) is 16.8. The van der Waals surface area contributed by atoms with Gasteiger partial charge in [-0.05, 0) is 48.5 Å². The van der Waals surface area contributed by atoms with Crippen molar-refractivity contribution in [2.45, 2.75) is 25.0 Å². The van der Waals surface area contributed by atoms with Gasteiger partial charge in [0.05, 0.1) is 11.4 Å². The lowest BCUT2D eigenvalue weighted by molar-refractivity contribution is -0.117. The highest BCUT2D eigenvalue weighted by molar-refractivity contribution is 7.99. The fraction of sp³-hybridized carbons (Fsp3) is 0.308. The van der Waals surface area contributed by atoms with Crippen molar-refractivity contribution in [1.29, 1.82) is 0 Å². The molecule has 0 aliphatic rings. The average molecular weight is 336 g/mol. The first-order valence-corrected chi connectivity index (χ1v) is 7.75. The molecule has 0 saturated carbocycles. The van der Waals surface area contributed by atoms with Gasteiger partial charge in [-0.1, -0.05) is 11.8 Å². The van der Waals surface area contributed by atoms with Gasteiger partial charge < -0.3 is 10.4 Å². The lowest BCUT2D eigenvalue weighted by atomic mass is 10.3. The lowest BCUT2D eigenvalue weighted by Crippen LogP contribution is -2.43. The van der Waals surface area contributed by atoms with E-state index < -0.39 is 11.9 Å². The molecule has 1 aromatic carbocycles. The fourth-order valence-corrected chi connectivity index (χ4v) is 2.31. The molecule has 0 unspecified atom stereocenters. The molecule has 2 aromatic rings. The zero-order valence-corrected chi connectivity index (χ0v) is 13.4. The van der Waals surface area contributed by atoms with E-state index in [1.54, 1.807) is 26.0 Å². The van der Waals surface area contributed by atoms with Crippen LogP contribution < -0.4 is 10.6 Å². The number of amides is 3. The van der Waals surface area contributed by atoms with Crippen LogP contribution in [0.4, 0.5) is 4.79 Å². The van der Waals surface area contributed by atoms with E-state index in [0.717, 1.165) is 11.8 Å². The van der Waals surface area contributed by atoms with Crippen molar-refractivity contribution < 1.29 is 14.7 Å². The van der Waals surface area contributed by atoms with E-state index >= 15 is 0 Å². The number of hydrogen-bond acceptors (Lipinski definition) is 7. The first kappa shape index (κ1) is 16.7. The van der Waals surface area contributed by atoms with Crippen LogP contribution in [0.1, 0.15) is 13.8 Å². The molecule has 23 heavy (non-hydrogen) atoms. The normalized spacial score (nSPS) is 10.6. The Bertz CT molecular complexity index is 685. The number of phenols is 1. The SMILES string of the molecule is CC(C)NC(=O)NC(=O)CSc1nnnn1-c1ccc(O)cc1. The zero-order valence-electron chi connectivity index (χ0n) is 12.6. The van der Waals surface area contributed by atoms with Gasteiger partial charge >= 0.3 is 6.03 Å². The third-order valence-electron chi connectivity index (χ3n) is 2.54. The maximum Gasteiger partial charge on any atom is 0.321 e. The molecule has 1 aromatic heterocycles. The Labute approximate surface area is 136 Å². The lowest BCUT2D eigenvalue weighted by Gasteiger charge is -2.09. The highest BCUT2D eigenvalue weighted by Gasteiger charge is 2.13. The molecular formula is C13H16N6O3S. The Morgan fingerprint density at radius 1 is 1.30 bits per heavy atom. The second-order valence-corrected chi connectivity index (χ2v) is 5.80. The molecule has 0 atom stereocenters. The van der Waals surface area contributed by atoms with Crippen LogP contribution in [0.25, 0.3) is 5.69 Å². The number of carbonyl (C=O) groups excluding carboxylic acids is 2. The van der Waals surface area contributed by atoms with Gasteiger partial charge in [-0.15, -0.1) is 5.10 Å². The third-order valence-corrected chi connectivity index (χ3v) is 3.46. The molecular weight excluding hydrogens is 320 g/mol. The molecule has 1 heterocycles. The monoisotopic (exact) mass is 336 g/mol. The summed E-state index contributed by atoms with van der Waals surface area (Å²) in [5, 5.41) is 25.7. The van der Waals surface area contributed by atoms with Crippen LogP contribution in [0.3, 0.4) is 0 Å². The van der Waals surface area contributed by atoms with Crippen molar-refractivity contribution in [3.8, 4) is 11.4 Å². The highest BCUT2D eigenvalue weighted by Crippen LogP contribution is 2.19. The summed E-state index contributed by atoms with van der Waals surface area (Å²) in [6.07, 6.45) is 0. The third kappa shape index (κ3) is 4.95. The van der Waals surface area contributed by atoms with Crippen LogP contribution in [0.2, 0.25) is 0 Å². The molecule has 0 bridgehead atoms. The molecule has 10 heteroatoms. The van der Waals surface area contributed by atoms with Gasteiger partial charge in [-0.25, -0.2) is 4.79 Å². The summed E-state index contributed by atoms with van der Waals surface area (Å²) in [5.41, 5.74) is 0.647. The van der Waals surface area contributed by atoms with Gasteiger partial charge in [0.15, 0.2) is 0 Å². The molecule has 9 nitrogen and oxygen atoms in total. The van der Waals surface area contributed by atoms with E-state index in [1.165, 1.54) is 16.8 Å². The van der Waals surface area contributed by atoms with Crippen LogP contribution in [0.5, 0.6) is 5.75 Å². The molecule has 0 aliphatic carbocycles. The molecule has 0 saturated heterocycles. The maximum atomic E-state index is 11.7. The molecule has 2 rings (SSSR count). The first-order chi connectivity index (χ1) is 11.0. The summed E-state index contributed by atoms with van der Waals surface area (Å²) in [4.78, 5) is 23.1. The van der Waals surface area contributed by atoms with Crippen molar-refractivity contribution in [1.82, 2.24) is 30.8 Å². The number of aromatic hydroxyl groups is 1. The van der Waals surface area contributed by atoms with E-state index in [4.69, 9.17) is 0 Å². The van der Waals surface area contributed by atoms with Crippen LogP contribution in [-0.4, -0.2) is 49.0 Å². The molecule has 0 fully saturated rings. The number of hydrogen-bond donors (Lipinski definition) is 3.